The fourth-order valence-corrected chi connectivity index (χ4v) is 2.82. The molecule has 1 saturated heterocycles. The first kappa shape index (κ1) is 15.7. The molecule has 1 aromatic rings. The summed E-state index contributed by atoms with van der Waals surface area (Å²) < 4.78 is 5.31. The van der Waals surface area contributed by atoms with E-state index in [2.05, 4.69) is 28.7 Å². The van der Waals surface area contributed by atoms with Gasteiger partial charge in [-0.2, -0.15) is 0 Å². The molecule has 5 nitrogen and oxygen atoms in total. The number of carbonyl (C=O) groups excluding carboxylic acids is 1. The van der Waals surface area contributed by atoms with E-state index >= 15 is 0 Å². The Morgan fingerprint density at radius 1 is 1.48 bits per heavy atom. The van der Waals surface area contributed by atoms with Gasteiger partial charge in [-0.25, -0.2) is 9.97 Å². The number of ether oxygens (including phenoxy) is 1. The minimum atomic E-state index is -0.446. The molecule has 116 valence electrons. The van der Waals surface area contributed by atoms with Crippen molar-refractivity contribution >= 4 is 11.9 Å². The van der Waals surface area contributed by atoms with Crippen LogP contribution in [0.5, 0.6) is 0 Å². The smallest absolute Gasteiger partial charge is 0.314 e. The molecule has 0 bridgehead atoms. The summed E-state index contributed by atoms with van der Waals surface area (Å²) >= 11 is 0. The predicted octanol–water partition coefficient (Wildman–Crippen LogP) is 2.51. The zero-order valence-electron chi connectivity index (χ0n) is 13.6. The van der Waals surface area contributed by atoms with Gasteiger partial charge in [0.2, 0.25) is 5.95 Å². The van der Waals surface area contributed by atoms with Gasteiger partial charge >= 0.3 is 5.97 Å². The van der Waals surface area contributed by atoms with Gasteiger partial charge in [-0.3, -0.25) is 4.79 Å². The van der Waals surface area contributed by atoms with E-state index in [1.165, 1.54) is 0 Å². The van der Waals surface area contributed by atoms with Gasteiger partial charge in [-0.15, -0.1) is 0 Å². The Balaban J connectivity index is 2.23. The van der Waals surface area contributed by atoms with E-state index in [1.807, 2.05) is 27.0 Å². The van der Waals surface area contributed by atoms with Crippen LogP contribution in [0, 0.1) is 25.2 Å². The number of aromatic nitrogens is 2. The molecule has 0 saturated carbocycles. The molecule has 21 heavy (non-hydrogen) atoms. The molecule has 1 atom stereocenters. The quantitative estimate of drug-likeness (QED) is 0.798. The van der Waals surface area contributed by atoms with Crippen LogP contribution in [0.4, 0.5) is 5.95 Å². The molecule has 0 N–H and O–H groups in total. The number of esters is 1. The zero-order valence-corrected chi connectivity index (χ0v) is 13.6. The highest BCUT2D eigenvalue weighted by Gasteiger charge is 2.48. The lowest BCUT2D eigenvalue weighted by Crippen LogP contribution is -2.41. The molecule has 0 amide bonds. The van der Waals surface area contributed by atoms with Crippen molar-refractivity contribution in [2.75, 3.05) is 24.6 Å². The zero-order chi connectivity index (χ0) is 15.6. The fraction of sp³-hybridized carbons (Fsp3) is 0.688. The molecule has 1 unspecified atom stereocenters. The molecule has 2 heterocycles. The van der Waals surface area contributed by atoms with Crippen molar-refractivity contribution in [3.8, 4) is 0 Å². The van der Waals surface area contributed by atoms with Gasteiger partial charge in [0.25, 0.3) is 0 Å². The van der Waals surface area contributed by atoms with E-state index in [1.54, 1.807) is 0 Å². The first-order chi connectivity index (χ1) is 9.90. The second kappa shape index (κ2) is 6.00. The summed E-state index contributed by atoms with van der Waals surface area (Å²) in [5, 5.41) is 0. The predicted molar refractivity (Wildman–Crippen MR) is 82.2 cm³/mol. The number of rotatable bonds is 4. The topological polar surface area (TPSA) is 55.3 Å². The van der Waals surface area contributed by atoms with Crippen molar-refractivity contribution < 1.29 is 9.53 Å². The number of hydrogen-bond donors (Lipinski definition) is 0. The Kier molecular flexibility index (Phi) is 4.49. The number of aryl methyl sites for hydroxylation is 2. The maximum Gasteiger partial charge on any atom is 0.314 e. The van der Waals surface area contributed by atoms with Crippen LogP contribution in [0.15, 0.2) is 6.20 Å². The number of hydrogen-bond acceptors (Lipinski definition) is 5. The molecule has 0 aliphatic carbocycles. The molecule has 2 rings (SSSR count). The first-order valence-electron chi connectivity index (χ1n) is 7.63. The van der Waals surface area contributed by atoms with E-state index < -0.39 is 5.41 Å². The van der Waals surface area contributed by atoms with E-state index in [0.717, 1.165) is 24.2 Å². The van der Waals surface area contributed by atoms with Crippen LogP contribution in [0.25, 0.3) is 0 Å². The fourth-order valence-electron chi connectivity index (χ4n) is 2.82. The highest BCUT2D eigenvalue weighted by molar-refractivity contribution is 5.79. The number of anilines is 1. The second-order valence-electron chi connectivity index (χ2n) is 6.14. The average molecular weight is 291 g/mol. The summed E-state index contributed by atoms with van der Waals surface area (Å²) in [6, 6.07) is 0. The lowest BCUT2D eigenvalue weighted by molar-refractivity contribution is -0.156. The second-order valence-corrected chi connectivity index (χ2v) is 6.14. The van der Waals surface area contributed by atoms with Gasteiger partial charge in [0, 0.05) is 25.0 Å². The van der Waals surface area contributed by atoms with Crippen LogP contribution in [0.1, 0.15) is 38.4 Å². The van der Waals surface area contributed by atoms with Gasteiger partial charge in [-0.1, -0.05) is 13.8 Å². The molecule has 1 aliphatic heterocycles. The molecular formula is C16H25N3O2. The normalized spacial score (nSPS) is 21.9. The highest BCUT2D eigenvalue weighted by Crippen LogP contribution is 2.40. The lowest BCUT2D eigenvalue weighted by Gasteiger charge is -2.30. The van der Waals surface area contributed by atoms with Crippen molar-refractivity contribution in [3.63, 3.8) is 0 Å². The van der Waals surface area contributed by atoms with Crippen LogP contribution < -0.4 is 4.90 Å². The third-order valence-corrected chi connectivity index (χ3v) is 4.58. The summed E-state index contributed by atoms with van der Waals surface area (Å²) in [6.07, 6.45) is 2.64. The SMILES string of the molecule is CCOC(=O)C1(C(C)C)CCN(c2ncc(C)c(C)n2)C1. The van der Waals surface area contributed by atoms with Gasteiger partial charge < -0.3 is 9.64 Å². The standard InChI is InChI=1S/C16H25N3O2/c1-6-21-14(20)16(11(2)3)7-8-19(10-16)15-17-9-12(4)13(5)18-15/h9,11H,6-8,10H2,1-5H3. The van der Waals surface area contributed by atoms with Crippen LogP contribution >= 0.6 is 0 Å². The van der Waals surface area contributed by atoms with E-state index in [0.29, 0.717) is 19.1 Å². The Morgan fingerprint density at radius 3 is 2.76 bits per heavy atom. The monoisotopic (exact) mass is 291 g/mol. The molecule has 0 radical (unpaired) electrons. The van der Waals surface area contributed by atoms with Crippen molar-refractivity contribution in [1.29, 1.82) is 0 Å². The van der Waals surface area contributed by atoms with Gasteiger partial charge in [0.1, 0.15) is 0 Å². The maximum absolute atomic E-state index is 12.4. The Labute approximate surface area is 126 Å². The average Bonchev–Trinajstić information content (AvgIpc) is 2.88. The lowest BCUT2D eigenvalue weighted by atomic mass is 9.76. The molecule has 5 heteroatoms. The third-order valence-electron chi connectivity index (χ3n) is 4.58. The minimum absolute atomic E-state index is 0.0914. The third kappa shape index (κ3) is 2.87. The van der Waals surface area contributed by atoms with Gasteiger partial charge in [0.15, 0.2) is 0 Å². The van der Waals surface area contributed by atoms with Crippen LogP contribution in [-0.2, 0) is 9.53 Å². The molecular weight excluding hydrogens is 266 g/mol. The van der Waals surface area contributed by atoms with E-state index in [9.17, 15) is 4.79 Å². The van der Waals surface area contributed by atoms with Crippen LogP contribution in [0.2, 0.25) is 0 Å². The van der Waals surface area contributed by atoms with Gasteiger partial charge in [-0.05, 0) is 38.7 Å². The van der Waals surface area contributed by atoms with Crippen LogP contribution in [0.3, 0.4) is 0 Å². The first-order valence-corrected chi connectivity index (χ1v) is 7.63. The van der Waals surface area contributed by atoms with Crippen molar-refractivity contribution in [1.82, 2.24) is 9.97 Å². The Hall–Kier alpha value is -1.65. The molecule has 0 spiro atoms. The van der Waals surface area contributed by atoms with Crippen molar-refractivity contribution in [3.05, 3.63) is 17.5 Å². The van der Waals surface area contributed by atoms with E-state index in [4.69, 9.17) is 4.74 Å². The maximum atomic E-state index is 12.4. The highest BCUT2D eigenvalue weighted by atomic mass is 16.5. The van der Waals surface area contributed by atoms with E-state index in [-0.39, 0.29) is 11.9 Å². The van der Waals surface area contributed by atoms with Crippen molar-refractivity contribution in [2.45, 2.75) is 41.0 Å². The summed E-state index contributed by atoms with van der Waals surface area (Å²) in [6.45, 7) is 11.9. The van der Waals surface area contributed by atoms with Gasteiger partial charge in [0.05, 0.1) is 12.0 Å². The van der Waals surface area contributed by atoms with Crippen molar-refractivity contribution in [2.24, 2.45) is 11.3 Å². The van der Waals surface area contributed by atoms with Crippen LogP contribution in [-0.4, -0.2) is 35.6 Å². The Bertz CT molecular complexity index is 530. The molecule has 0 aromatic carbocycles. The molecule has 1 aromatic heterocycles. The number of carbonyl (C=O) groups is 1. The number of nitrogens with zero attached hydrogens (tertiary/aromatic N) is 3. The minimum Gasteiger partial charge on any atom is -0.466 e. The largest absolute Gasteiger partial charge is 0.466 e. The Morgan fingerprint density at radius 2 is 2.19 bits per heavy atom. The summed E-state index contributed by atoms with van der Waals surface area (Å²) in [4.78, 5) is 23.5. The summed E-state index contributed by atoms with van der Waals surface area (Å²) in [7, 11) is 0. The summed E-state index contributed by atoms with van der Waals surface area (Å²) in [5.41, 5.74) is 1.62. The molecule has 1 fully saturated rings. The molecule has 1 aliphatic rings. The summed E-state index contributed by atoms with van der Waals surface area (Å²) in [5.74, 6) is 0.851.